The first-order valence-corrected chi connectivity index (χ1v) is 24.2. The first kappa shape index (κ1) is 39.5. The maximum absolute atomic E-state index is 6.75. The fourth-order valence-electron chi connectivity index (χ4n) is 11.4. The van der Waals surface area contributed by atoms with Gasteiger partial charge in [0.15, 0.2) is 5.84 Å². The van der Waals surface area contributed by atoms with E-state index in [0.717, 1.165) is 111 Å². The molecule has 0 saturated carbocycles. The van der Waals surface area contributed by atoms with Crippen LogP contribution < -0.4 is 5.32 Å². The lowest BCUT2D eigenvalue weighted by molar-refractivity contribution is 0.669. The minimum Gasteiger partial charge on any atom is -0.456 e. The molecule has 1 unspecified atom stereocenters. The van der Waals surface area contributed by atoms with Crippen molar-refractivity contribution in [1.82, 2.24) is 14.5 Å². The van der Waals surface area contributed by atoms with Crippen molar-refractivity contribution in [2.24, 2.45) is 9.98 Å². The highest BCUT2D eigenvalue weighted by atomic mass is 16.3. The molecule has 1 aliphatic rings. The van der Waals surface area contributed by atoms with Gasteiger partial charge in [-0.05, 0) is 93.8 Å². The van der Waals surface area contributed by atoms with Gasteiger partial charge in [0, 0.05) is 60.3 Å². The molecule has 14 aromatic rings. The van der Waals surface area contributed by atoms with Gasteiger partial charge in [0.2, 0.25) is 0 Å². The quantitative estimate of drug-likeness (QED) is 0.181. The third kappa shape index (κ3) is 6.08. The number of rotatable bonds is 6. The molecule has 332 valence electrons. The van der Waals surface area contributed by atoms with Gasteiger partial charge in [0.25, 0.3) is 0 Å². The van der Waals surface area contributed by atoms with Gasteiger partial charge in [-0.2, -0.15) is 0 Å². The van der Waals surface area contributed by atoms with Gasteiger partial charge < -0.3 is 18.9 Å². The van der Waals surface area contributed by atoms with Crippen molar-refractivity contribution in [3.63, 3.8) is 0 Å². The summed E-state index contributed by atoms with van der Waals surface area (Å²) in [4.78, 5) is 11.1. The summed E-state index contributed by atoms with van der Waals surface area (Å²) in [5.41, 5.74) is 13.5. The lowest BCUT2D eigenvalue weighted by atomic mass is 9.90. The van der Waals surface area contributed by atoms with Crippen LogP contribution in [0.3, 0.4) is 0 Å². The van der Waals surface area contributed by atoms with Crippen molar-refractivity contribution in [1.29, 1.82) is 0 Å². The van der Waals surface area contributed by atoms with Gasteiger partial charge in [0.1, 0.15) is 23.2 Å². The lowest BCUT2D eigenvalue weighted by Gasteiger charge is -2.25. The number of amidine groups is 2. The van der Waals surface area contributed by atoms with Crippen molar-refractivity contribution in [2.75, 3.05) is 0 Å². The summed E-state index contributed by atoms with van der Waals surface area (Å²) in [7, 11) is 0. The smallest absolute Gasteiger partial charge is 0.160 e. The molecule has 0 spiro atoms. The van der Waals surface area contributed by atoms with E-state index in [-0.39, 0.29) is 0 Å². The number of aliphatic imine (C=N–C) groups is 2. The summed E-state index contributed by atoms with van der Waals surface area (Å²) in [6.45, 7) is 0. The summed E-state index contributed by atoms with van der Waals surface area (Å²) in [5, 5.41) is 15.3. The number of fused-ring (bicyclic) bond motifs is 11. The van der Waals surface area contributed by atoms with E-state index in [2.05, 4.69) is 245 Å². The van der Waals surface area contributed by atoms with E-state index >= 15 is 0 Å². The predicted molar refractivity (Wildman–Crippen MR) is 295 cm³/mol. The molecule has 0 radical (unpaired) electrons. The second-order valence-corrected chi connectivity index (χ2v) is 18.5. The Bertz CT molecular complexity index is 4560. The number of nitrogens with one attached hydrogen (secondary N) is 1. The van der Waals surface area contributed by atoms with Gasteiger partial charge in [-0.3, -0.25) is 0 Å². The fourth-order valence-corrected chi connectivity index (χ4v) is 11.4. The van der Waals surface area contributed by atoms with Crippen LogP contribution in [0.15, 0.2) is 251 Å². The van der Waals surface area contributed by atoms with Crippen LogP contribution in [0.1, 0.15) is 22.9 Å². The fraction of sp³-hybridized carbons (Fsp3) is 0.0154. The van der Waals surface area contributed by atoms with E-state index in [1.807, 2.05) is 6.07 Å². The second-order valence-electron chi connectivity index (χ2n) is 18.5. The molecule has 4 heterocycles. The summed E-state index contributed by atoms with van der Waals surface area (Å²) >= 11 is 0. The highest BCUT2D eigenvalue weighted by molar-refractivity contribution is 6.24. The summed E-state index contributed by atoms with van der Waals surface area (Å²) in [6.07, 6.45) is -0.503. The number of benzene rings is 11. The zero-order valence-electron chi connectivity index (χ0n) is 38.3. The molecule has 0 saturated heterocycles. The Morgan fingerprint density at radius 1 is 0.408 bits per heavy atom. The molecule has 6 nitrogen and oxygen atoms in total. The first-order valence-electron chi connectivity index (χ1n) is 24.2. The van der Waals surface area contributed by atoms with Crippen LogP contribution in [-0.2, 0) is 0 Å². The molecule has 1 N–H and O–H groups in total. The molecule has 3 aromatic heterocycles. The number of para-hydroxylation sites is 4. The molecule has 0 fully saturated rings. The standard InChI is InChI=1S/C65H41N5O/c1-3-18-40(19-4-1)63-66-64(68-65(67-63)50-29-17-32-56-60(50)48-27-12-15-31-54(48)69(56)45-23-5-2-6-24-45)44-34-35-55(70-53-30-14-11-26-47(53)51-36-41-20-7-8-21-42(41)38-57(51)70)52(37-44)61-46-25-10-9-22-43(46)39-59-62(61)49-28-13-16-33-58(49)71-59/h1-39,64H,(H,66,67,68). The van der Waals surface area contributed by atoms with Crippen LogP contribution in [0.25, 0.3) is 110 Å². The van der Waals surface area contributed by atoms with Gasteiger partial charge in [-0.1, -0.05) is 170 Å². The molecule has 0 bridgehead atoms. The summed E-state index contributed by atoms with van der Waals surface area (Å²) in [5.74, 6) is 1.43. The molecule has 15 rings (SSSR count). The number of hydrogen-bond donors (Lipinski definition) is 1. The molecule has 0 aliphatic carbocycles. The predicted octanol–water partition coefficient (Wildman–Crippen LogP) is 16.2. The molecular formula is C65H41N5O. The van der Waals surface area contributed by atoms with Crippen molar-refractivity contribution in [2.45, 2.75) is 6.17 Å². The largest absolute Gasteiger partial charge is 0.456 e. The van der Waals surface area contributed by atoms with Gasteiger partial charge >= 0.3 is 0 Å². The molecule has 6 heteroatoms. The number of aromatic nitrogens is 2. The van der Waals surface area contributed by atoms with Crippen molar-refractivity contribution >= 4 is 98.8 Å². The Morgan fingerprint density at radius 2 is 1.06 bits per heavy atom. The average molecular weight is 908 g/mol. The third-order valence-electron chi connectivity index (χ3n) is 14.5. The Morgan fingerprint density at radius 3 is 1.87 bits per heavy atom. The molecule has 0 amide bonds. The van der Waals surface area contributed by atoms with Gasteiger partial charge in [0.05, 0.1) is 27.8 Å². The minimum absolute atomic E-state index is 0.503. The van der Waals surface area contributed by atoms with Crippen LogP contribution in [0.2, 0.25) is 0 Å². The zero-order chi connectivity index (χ0) is 46.6. The number of nitrogens with zero attached hydrogens (tertiary/aromatic N) is 4. The molecule has 11 aromatic carbocycles. The SMILES string of the molecule is c1ccc(C2=NC(c3cccc4c3c3ccccc3n4-c3ccccc3)=NC(c3ccc(-n4c5ccccc5c5cc6ccccc6cc54)c(-c4c5ccccc5cc5oc6ccccc6c45)c3)N2)cc1. The van der Waals surface area contributed by atoms with E-state index in [9.17, 15) is 0 Å². The molecule has 1 aliphatic heterocycles. The highest BCUT2D eigenvalue weighted by Gasteiger charge is 2.28. The minimum atomic E-state index is -0.503. The maximum Gasteiger partial charge on any atom is 0.160 e. The molecular weight excluding hydrogens is 867 g/mol. The molecule has 71 heavy (non-hydrogen) atoms. The Balaban J connectivity index is 1.03. The monoisotopic (exact) mass is 907 g/mol. The maximum atomic E-state index is 6.75. The normalized spacial score (nSPS) is 14.1. The number of furan rings is 1. The third-order valence-corrected chi connectivity index (χ3v) is 14.5. The van der Waals surface area contributed by atoms with Crippen LogP contribution in [0.5, 0.6) is 0 Å². The lowest BCUT2D eigenvalue weighted by Crippen LogP contribution is -2.33. The van der Waals surface area contributed by atoms with E-state index in [4.69, 9.17) is 14.4 Å². The van der Waals surface area contributed by atoms with Crippen molar-refractivity contribution in [3.05, 3.63) is 253 Å². The van der Waals surface area contributed by atoms with Crippen LogP contribution in [-0.4, -0.2) is 20.8 Å². The van der Waals surface area contributed by atoms with Gasteiger partial charge in [-0.15, -0.1) is 0 Å². The van der Waals surface area contributed by atoms with E-state index < -0.39 is 6.17 Å². The summed E-state index contributed by atoms with van der Waals surface area (Å²) < 4.78 is 11.6. The number of hydrogen-bond acceptors (Lipinski definition) is 4. The van der Waals surface area contributed by atoms with Crippen LogP contribution in [0.4, 0.5) is 0 Å². The van der Waals surface area contributed by atoms with E-state index in [0.29, 0.717) is 5.84 Å². The summed E-state index contributed by atoms with van der Waals surface area (Å²) in [6, 6.07) is 84.6. The van der Waals surface area contributed by atoms with Crippen LogP contribution >= 0.6 is 0 Å². The Hall–Kier alpha value is -9.52. The van der Waals surface area contributed by atoms with Crippen molar-refractivity contribution in [3.8, 4) is 22.5 Å². The van der Waals surface area contributed by atoms with Crippen LogP contribution in [0, 0.1) is 0 Å². The van der Waals surface area contributed by atoms with Gasteiger partial charge in [-0.25, -0.2) is 9.98 Å². The Kier molecular flexibility index (Phi) is 8.62. The van der Waals surface area contributed by atoms with E-state index in [1.165, 1.54) is 21.5 Å². The second kappa shape index (κ2) is 15.5. The van der Waals surface area contributed by atoms with E-state index in [1.54, 1.807) is 0 Å². The highest BCUT2D eigenvalue weighted by Crippen LogP contribution is 2.47. The first-order chi connectivity index (χ1) is 35.2. The zero-order valence-corrected chi connectivity index (χ0v) is 38.3. The Labute approximate surface area is 407 Å². The van der Waals surface area contributed by atoms with Crippen molar-refractivity contribution < 1.29 is 4.42 Å². The average Bonchev–Trinajstić information content (AvgIpc) is 4.09. The topological polar surface area (TPSA) is 59.8 Å². The molecule has 1 atom stereocenters.